The molecule has 2 rings (SSSR count). The van der Waals surface area contributed by atoms with Gasteiger partial charge < -0.3 is 14.7 Å². The lowest BCUT2D eigenvalue weighted by Crippen LogP contribution is -2.41. The first-order chi connectivity index (χ1) is 9.70. The molecule has 0 saturated carbocycles. The number of nitrogens with zero attached hydrogens (tertiary/aromatic N) is 1. The van der Waals surface area contributed by atoms with Crippen molar-refractivity contribution >= 4 is 17.5 Å². The highest BCUT2D eigenvalue weighted by Gasteiger charge is 2.22. The van der Waals surface area contributed by atoms with Crippen molar-refractivity contribution in [3.63, 3.8) is 0 Å². The largest absolute Gasteiger partial charge is 0.491 e. The number of aliphatic hydroxyl groups excluding tert-OH is 1. The SMILES string of the molecule is O=C(CCOc1ccccc1Cl)N1CCCC(CO)C1. The third-order valence-corrected chi connectivity index (χ3v) is 3.85. The Morgan fingerprint density at radius 1 is 1.45 bits per heavy atom. The summed E-state index contributed by atoms with van der Waals surface area (Å²) in [4.78, 5) is 13.9. The van der Waals surface area contributed by atoms with Gasteiger partial charge in [0.2, 0.25) is 5.91 Å². The zero-order chi connectivity index (χ0) is 14.4. The molecular formula is C15H20ClNO3. The number of hydrogen-bond acceptors (Lipinski definition) is 3. The molecule has 0 aromatic heterocycles. The van der Waals surface area contributed by atoms with Crippen LogP contribution in [0.1, 0.15) is 19.3 Å². The summed E-state index contributed by atoms with van der Waals surface area (Å²) in [5.41, 5.74) is 0. The molecule has 0 spiro atoms. The lowest BCUT2D eigenvalue weighted by atomic mass is 9.99. The zero-order valence-electron chi connectivity index (χ0n) is 11.4. The van der Waals surface area contributed by atoms with Gasteiger partial charge in [-0.2, -0.15) is 0 Å². The molecule has 0 aliphatic carbocycles. The van der Waals surface area contributed by atoms with Crippen molar-refractivity contribution in [2.75, 3.05) is 26.3 Å². The molecule has 1 saturated heterocycles. The number of hydrogen-bond donors (Lipinski definition) is 1. The van der Waals surface area contributed by atoms with E-state index in [1.54, 1.807) is 12.1 Å². The van der Waals surface area contributed by atoms with Crippen molar-refractivity contribution in [3.8, 4) is 5.75 Å². The van der Waals surface area contributed by atoms with E-state index in [1.807, 2.05) is 17.0 Å². The number of benzene rings is 1. The number of amides is 1. The van der Waals surface area contributed by atoms with Gasteiger partial charge in [0.15, 0.2) is 0 Å². The average molecular weight is 298 g/mol. The van der Waals surface area contributed by atoms with E-state index in [4.69, 9.17) is 21.4 Å². The number of aliphatic hydroxyl groups is 1. The fourth-order valence-corrected chi connectivity index (χ4v) is 2.60. The number of piperidine rings is 1. The Morgan fingerprint density at radius 2 is 2.25 bits per heavy atom. The standard InChI is InChI=1S/C15H20ClNO3/c16-13-5-1-2-6-14(13)20-9-7-15(19)17-8-3-4-12(10-17)11-18/h1-2,5-6,12,18H,3-4,7-11H2. The zero-order valence-corrected chi connectivity index (χ0v) is 12.2. The lowest BCUT2D eigenvalue weighted by Gasteiger charge is -2.31. The molecule has 5 heteroatoms. The van der Waals surface area contributed by atoms with E-state index in [0.717, 1.165) is 19.4 Å². The quantitative estimate of drug-likeness (QED) is 0.907. The monoisotopic (exact) mass is 297 g/mol. The summed E-state index contributed by atoms with van der Waals surface area (Å²) in [6.45, 7) is 1.91. The van der Waals surface area contributed by atoms with Crippen LogP contribution >= 0.6 is 11.6 Å². The first-order valence-corrected chi connectivity index (χ1v) is 7.34. The fourth-order valence-electron chi connectivity index (χ4n) is 2.41. The lowest BCUT2D eigenvalue weighted by molar-refractivity contribution is -0.133. The second-order valence-electron chi connectivity index (χ2n) is 5.06. The van der Waals surface area contributed by atoms with Crippen molar-refractivity contribution in [3.05, 3.63) is 29.3 Å². The molecule has 1 heterocycles. The highest BCUT2D eigenvalue weighted by Crippen LogP contribution is 2.23. The molecule has 110 valence electrons. The van der Waals surface area contributed by atoms with Crippen LogP contribution in [0.15, 0.2) is 24.3 Å². The van der Waals surface area contributed by atoms with E-state index in [-0.39, 0.29) is 18.4 Å². The van der Waals surface area contributed by atoms with Gasteiger partial charge in [0.25, 0.3) is 0 Å². The Balaban J connectivity index is 1.76. The summed E-state index contributed by atoms with van der Waals surface area (Å²) in [6, 6.07) is 7.23. The van der Waals surface area contributed by atoms with Gasteiger partial charge in [-0.05, 0) is 30.9 Å². The van der Waals surface area contributed by atoms with E-state index >= 15 is 0 Å². The molecule has 1 N–H and O–H groups in total. The Labute approximate surface area is 124 Å². The minimum atomic E-state index is 0.0789. The molecule has 1 aromatic rings. The second kappa shape index (κ2) is 7.50. The van der Waals surface area contributed by atoms with Gasteiger partial charge in [0.05, 0.1) is 18.1 Å². The van der Waals surface area contributed by atoms with Crippen molar-refractivity contribution < 1.29 is 14.6 Å². The number of halogens is 1. The van der Waals surface area contributed by atoms with E-state index in [0.29, 0.717) is 30.3 Å². The van der Waals surface area contributed by atoms with E-state index in [2.05, 4.69) is 0 Å². The molecule has 4 nitrogen and oxygen atoms in total. The number of carbonyl (C=O) groups excluding carboxylic acids is 1. The van der Waals surface area contributed by atoms with Crippen molar-refractivity contribution in [2.45, 2.75) is 19.3 Å². The van der Waals surface area contributed by atoms with Crippen LogP contribution in [-0.4, -0.2) is 42.2 Å². The predicted molar refractivity (Wildman–Crippen MR) is 78.0 cm³/mol. The van der Waals surface area contributed by atoms with Gasteiger partial charge in [-0.25, -0.2) is 0 Å². The van der Waals surface area contributed by atoms with E-state index in [9.17, 15) is 4.79 Å². The van der Waals surface area contributed by atoms with Crippen LogP contribution < -0.4 is 4.74 Å². The third kappa shape index (κ3) is 4.12. The topological polar surface area (TPSA) is 49.8 Å². The third-order valence-electron chi connectivity index (χ3n) is 3.54. The van der Waals surface area contributed by atoms with Crippen molar-refractivity contribution in [2.24, 2.45) is 5.92 Å². The molecule has 1 atom stereocenters. The highest BCUT2D eigenvalue weighted by molar-refractivity contribution is 6.32. The summed E-state index contributed by atoms with van der Waals surface area (Å²) in [7, 11) is 0. The van der Waals surface area contributed by atoms with Gasteiger partial charge in [-0.1, -0.05) is 23.7 Å². The molecular weight excluding hydrogens is 278 g/mol. The highest BCUT2D eigenvalue weighted by atomic mass is 35.5. The molecule has 1 aliphatic rings. The van der Waals surface area contributed by atoms with Crippen LogP contribution in [0.5, 0.6) is 5.75 Å². The normalized spacial score (nSPS) is 18.9. The van der Waals surface area contributed by atoms with Crippen molar-refractivity contribution in [1.29, 1.82) is 0 Å². The number of rotatable bonds is 5. The molecule has 1 aliphatic heterocycles. The van der Waals surface area contributed by atoms with Crippen LogP contribution in [0.2, 0.25) is 5.02 Å². The Morgan fingerprint density at radius 3 is 3.00 bits per heavy atom. The summed E-state index contributed by atoms with van der Waals surface area (Å²) >= 11 is 5.98. The first kappa shape index (κ1) is 15.1. The number of carbonyl (C=O) groups is 1. The minimum Gasteiger partial charge on any atom is -0.491 e. The van der Waals surface area contributed by atoms with Crippen LogP contribution in [0.4, 0.5) is 0 Å². The van der Waals surface area contributed by atoms with Crippen LogP contribution in [0.25, 0.3) is 0 Å². The Bertz CT molecular complexity index is 452. The molecule has 0 bridgehead atoms. The van der Waals surface area contributed by atoms with Gasteiger partial charge in [0.1, 0.15) is 5.75 Å². The van der Waals surface area contributed by atoms with Crippen LogP contribution in [-0.2, 0) is 4.79 Å². The summed E-state index contributed by atoms with van der Waals surface area (Å²) < 4.78 is 5.52. The fraction of sp³-hybridized carbons (Fsp3) is 0.533. The van der Waals surface area contributed by atoms with E-state index in [1.165, 1.54) is 0 Å². The number of para-hydroxylation sites is 1. The average Bonchev–Trinajstić information content (AvgIpc) is 2.49. The molecule has 1 aromatic carbocycles. The molecule has 1 unspecified atom stereocenters. The predicted octanol–water partition coefficient (Wildman–Crippen LogP) is 2.34. The minimum absolute atomic E-state index is 0.0789. The summed E-state index contributed by atoms with van der Waals surface area (Å²) in [6.07, 6.45) is 2.29. The van der Waals surface area contributed by atoms with Crippen molar-refractivity contribution in [1.82, 2.24) is 4.90 Å². The van der Waals surface area contributed by atoms with Crippen LogP contribution in [0.3, 0.4) is 0 Å². The number of ether oxygens (including phenoxy) is 1. The second-order valence-corrected chi connectivity index (χ2v) is 5.47. The first-order valence-electron chi connectivity index (χ1n) is 6.96. The van der Waals surface area contributed by atoms with Gasteiger partial charge >= 0.3 is 0 Å². The molecule has 0 radical (unpaired) electrons. The smallest absolute Gasteiger partial charge is 0.226 e. The maximum absolute atomic E-state index is 12.1. The Kier molecular flexibility index (Phi) is 5.68. The van der Waals surface area contributed by atoms with Gasteiger partial charge in [0, 0.05) is 19.7 Å². The summed E-state index contributed by atoms with van der Waals surface area (Å²) in [5, 5.41) is 9.72. The van der Waals surface area contributed by atoms with Gasteiger partial charge in [-0.15, -0.1) is 0 Å². The van der Waals surface area contributed by atoms with Gasteiger partial charge in [-0.3, -0.25) is 4.79 Å². The van der Waals surface area contributed by atoms with E-state index < -0.39 is 0 Å². The van der Waals surface area contributed by atoms with Crippen LogP contribution in [0, 0.1) is 5.92 Å². The number of likely N-dealkylation sites (tertiary alicyclic amines) is 1. The maximum Gasteiger partial charge on any atom is 0.226 e. The molecule has 1 fully saturated rings. The molecule has 1 amide bonds. The molecule has 20 heavy (non-hydrogen) atoms. The maximum atomic E-state index is 12.1. The summed E-state index contributed by atoms with van der Waals surface area (Å²) in [5.74, 6) is 0.904. The Hall–Kier alpha value is -1.26.